The van der Waals surface area contributed by atoms with Crippen molar-refractivity contribution in [2.24, 2.45) is 11.8 Å². The minimum Gasteiger partial charge on any atom is -0.465 e. The van der Waals surface area contributed by atoms with E-state index in [2.05, 4.69) is 23.5 Å². The number of benzene rings is 1. The van der Waals surface area contributed by atoms with Gasteiger partial charge >= 0.3 is 5.97 Å². The summed E-state index contributed by atoms with van der Waals surface area (Å²) in [6.45, 7) is 10.2. The molecule has 2 unspecified atom stereocenters. The van der Waals surface area contributed by atoms with Crippen LogP contribution in [0.1, 0.15) is 45.4 Å². The molecule has 2 amide bonds. The molecule has 2 aromatic rings. The number of aliphatic hydroxyl groups is 1. The van der Waals surface area contributed by atoms with E-state index in [1.54, 1.807) is 26.6 Å². The zero-order valence-corrected chi connectivity index (χ0v) is 23.6. The molecule has 3 aliphatic rings. The highest BCUT2D eigenvalue weighted by molar-refractivity contribution is 5.98. The van der Waals surface area contributed by atoms with Gasteiger partial charge in [0.2, 0.25) is 11.8 Å². The number of hydrogen-bond donors (Lipinski definition) is 1. The number of aliphatic hydroxyl groups excluding tert-OH is 1. The molecule has 1 N–H and O–H groups in total. The van der Waals surface area contributed by atoms with Crippen LogP contribution in [0.5, 0.6) is 0 Å². The number of hydrogen-bond acceptors (Lipinski definition) is 8. The van der Waals surface area contributed by atoms with Gasteiger partial charge in [0.1, 0.15) is 29.7 Å². The molecule has 41 heavy (non-hydrogen) atoms. The maximum absolute atomic E-state index is 14.6. The fourth-order valence-electron chi connectivity index (χ4n) is 7.05. The van der Waals surface area contributed by atoms with E-state index in [4.69, 9.17) is 9.47 Å². The summed E-state index contributed by atoms with van der Waals surface area (Å²) in [7, 11) is 0. The highest BCUT2D eigenvalue weighted by atomic mass is 16.6. The summed E-state index contributed by atoms with van der Waals surface area (Å²) in [4.78, 5) is 45.4. The minimum atomic E-state index is -1.16. The third-order valence-electron chi connectivity index (χ3n) is 8.93. The van der Waals surface area contributed by atoms with Crippen LogP contribution in [0.3, 0.4) is 0 Å². The first-order chi connectivity index (χ1) is 19.9. The zero-order chi connectivity index (χ0) is 29.2. The molecule has 0 saturated carbocycles. The number of unbranched alkanes of at least 4 members (excludes halogenated alkanes) is 1. The van der Waals surface area contributed by atoms with Gasteiger partial charge in [-0.15, -0.1) is 18.3 Å². The van der Waals surface area contributed by atoms with Crippen molar-refractivity contribution in [3.8, 4) is 0 Å². The Morgan fingerprint density at radius 2 is 2.05 bits per heavy atom. The molecule has 11 heteroatoms. The summed E-state index contributed by atoms with van der Waals surface area (Å²) in [6, 6.07) is 6.55. The average molecular weight is 566 g/mol. The molecule has 5 rings (SSSR count). The van der Waals surface area contributed by atoms with Crippen LogP contribution in [0.4, 0.5) is 0 Å². The van der Waals surface area contributed by atoms with Crippen LogP contribution in [-0.4, -0.2) is 91.2 Å². The quantitative estimate of drug-likeness (QED) is 0.210. The van der Waals surface area contributed by atoms with E-state index in [9.17, 15) is 19.5 Å². The molecular weight excluding hydrogens is 526 g/mol. The summed E-state index contributed by atoms with van der Waals surface area (Å²) in [5, 5.41) is 17.9. The summed E-state index contributed by atoms with van der Waals surface area (Å²) in [5.41, 5.74) is -0.542. The Balaban J connectivity index is 1.52. The first kappa shape index (κ1) is 28.9. The molecule has 220 valence electrons. The minimum absolute atomic E-state index is 0.0229. The van der Waals surface area contributed by atoms with E-state index in [0.29, 0.717) is 44.0 Å². The van der Waals surface area contributed by atoms with Crippen LogP contribution in [0, 0.1) is 11.8 Å². The molecule has 3 aliphatic heterocycles. The maximum Gasteiger partial charge on any atom is 0.312 e. The van der Waals surface area contributed by atoms with Gasteiger partial charge in [-0.1, -0.05) is 36.4 Å². The second kappa shape index (κ2) is 11.7. The number of aromatic nitrogens is 3. The fourth-order valence-corrected chi connectivity index (χ4v) is 7.05. The van der Waals surface area contributed by atoms with Crippen molar-refractivity contribution in [3.05, 3.63) is 49.6 Å². The number of likely N-dealkylation sites (tertiary alicyclic amines) is 1. The molecule has 1 aromatic carbocycles. The van der Waals surface area contributed by atoms with Crippen LogP contribution >= 0.6 is 0 Å². The van der Waals surface area contributed by atoms with Gasteiger partial charge < -0.3 is 24.4 Å². The summed E-state index contributed by atoms with van der Waals surface area (Å²) >= 11 is 0. The topological polar surface area (TPSA) is 127 Å². The van der Waals surface area contributed by atoms with Crippen molar-refractivity contribution in [2.45, 2.75) is 69.4 Å². The van der Waals surface area contributed by atoms with E-state index < -0.39 is 35.0 Å². The number of amides is 2. The summed E-state index contributed by atoms with van der Waals surface area (Å²) in [5.74, 6) is -2.66. The predicted octanol–water partition coefficient (Wildman–Crippen LogP) is 2.45. The number of rotatable bonds is 14. The molecule has 2 bridgehead atoms. The van der Waals surface area contributed by atoms with Crippen molar-refractivity contribution >= 4 is 28.8 Å². The molecule has 4 heterocycles. The largest absolute Gasteiger partial charge is 0.465 e. The van der Waals surface area contributed by atoms with E-state index in [1.807, 2.05) is 31.2 Å². The van der Waals surface area contributed by atoms with Crippen molar-refractivity contribution in [1.82, 2.24) is 24.8 Å². The number of ether oxygens (including phenoxy) is 2. The normalized spacial score (nSPS) is 28.2. The number of para-hydroxylation sites is 1. The average Bonchev–Trinajstić information content (AvgIpc) is 3.70. The number of carbonyl (C=O) groups excluding carboxylic acids is 3. The summed E-state index contributed by atoms with van der Waals surface area (Å²) in [6.07, 6.45) is 6.36. The number of esters is 1. The molecule has 0 radical (unpaired) electrons. The van der Waals surface area contributed by atoms with Gasteiger partial charge in [-0.3, -0.25) is 14.4 Å². The lowest BCUT2D eigenvalue weighted by Gasteiger charge is -2.36. The zero-order valence-electron chi connectivity index (χ0n) is 23.6. The maximum atomic E-state index is 14.6. The van der Waals surface area contributed by atoms with Crippen molar-refractivity contribution in [2.75, 3.05) is 26.3 Å². The SMILES string of the molecule is C=CCCOC(=O)[C@H]1[C@H]2C(=O)N(CCCCO)C(C(=O)N(CC=C)Cn3nnc4ccccc43)C23CC[C@]1(CC)O3. The van der Waals surface area contributed by atoms with E-state index in [-0.39, 0.29) is 44.8 Å². The summed E-state index contributed by atoms with van der Waals surface area (Å²) < 4.78 is 14.1. The third kappa shape index (κ3) is 4.74. The standard InChI is InChI=1S/C30H39N5O6/c1-4-7-19-40-28(39)24-23-26(37)34(17-10-11-18-36)25(30(23)15-14-29(24,6-3)41-30)27(38)33(16-5-2)20-35-22-13-9-8-12-21(22)31-32-35/h4-5,8-9,12-13,23-25,36H,1-2,6-7,10-11,14-20H2,3H3/t23-,24+,25?,29-,30?/m0/s1. The number of nitrogens with zero attached hydrogens (tertiary/aromatic N) is 5. The van der Waals surface area contributed by atoms with Gasteiger partial charge in [-0.25, -0.2) is 4.68 Å². The van der Waals surface area contributed by atoms with Gasteiger partial charge in [0.15, 0.2) is 0 Å². The van der Waals surface area contributed by atoms with Crippen molar-refractivity contribution in [1.29, 1.82) is 0 Å². The van der Waals surface area contributed by atoms with Gasteiger partial charge in [-0.2, -0.15) is 0 Å². The first-order valence-electron chi connectivity index (χ1n) is 14.4. The second-order valence-electron chi connectivity index (χ2n) is 11.1. The lowest BCUT2D eigenvalue weighted by Crippen LogP contribution is -2.56. The molecular formula is C30H39N5O6. The van der Waals surface area contributed by atoms with Crippen LogP contribution < -0.4 is 0 Å². The van der Waals surface area contributed by atoms with Crippen LogP contribution in [0.15, 0.2) is 49.6 Å². The first-order valence-corrected chi connectivity index (χ1v) is 14.4. The molecule has 3 saturated heterocycles. The van der Waals surface area contributed by atoms with Crippen LogP contribution in [0.2, 0.25) is 0 Å². The Hall–Kier alpha value is -3.57. The van der Waals surface area contributed by atoms with Crippen LogP contribution in [0.25, 0.3) is 11.0 Å². The fraction of sp³-hybridized carbons (Fsp3) is 0.567. The Morgan fingerprint density at radius 1 is 1.24 bits per heavy atom. The van der Waals surface area contributed by atoms with E-state index >= 15 is 0 Å². The lowest BCUT2D eigenvalue weighted by molar-refractivity contribution is -0.162. The monoisotopic (exact) mass is 565 g/mol. The Morgan fingerprint density at radius 3 is 2.78 bits per heavy atom. The van der Waals surface area contributed by atoms with Gasteiger partial charge in [0.05, 0.1) is 23.6 Å². The molecule has 5 atom stereocenters. The third-order valence-corrected chi connectivity index (χ3v) is 8.93. The molecule has 1 spiro atoms. The Kier molecular flexibility index (Phi) is 8.28. The highest BCUT2D eigenvalue weighted by Crippen LogP contribution is 2.64. The number of fused-ring (bicyclic) bond motifs is 2. The Labute approximate surface area is 239 Å². The lowest BCUT2D eigenvalue weighted by atomic mass is 9.65. The second-order valence-corrected chi connectivity index (χ2v) is 11.1. The molecule has 0 aliphatic carbocycles. The molecule has 3 fully saturated rings. The number of carbonyl (C=O) groups is 3. The van der Waals surface area contributed by atoms with Crippen molar-refractivity contribution in [3.63, 3.8) is 0 Å². The van der Waals surface area contributed by atoms with Crippen molar-refractivity contribution < 1.29 is 29.0 Å². The van der Waals surface area contributed by atoms with Gasteiger partial charge in [-0.05, 0) is 50.7 Å². The van der Waals surface area contributed by atoms with E-state index in [0.717, 1.165) is 5.52 Å². The Bertz CT molecular complexity index is 1330. The highest BCUT2D eigenvalue weighted by Gasteiger charge is 2.79. The predicted molar refractivity (Wildman–Crippen MR) is 150 cm³/mol. The molecule has 1 aromatic heterocycles. The smallest absolute Gasteiger partial charge is 0.312 e. The van der Waals surface area contributed by atoms with E-state index in [1.165, 1.54) is 0 Å². The van der Waals surface area contributed by atoms with Gasteiger partial charge in [0.25, 0.3) is 0 Å². The van der Waals surface area contributed by atoms with Crippen LogP contribution in [-0.2, 0) is 30.5 Å². The molecule has 11 nitrogen and oxygen atoms in total. The van der Waals surface area contributed by atoms with Gasteiger partial charge in [0, 0.05) is 19.7 Å².